The van der Waals surface area contributed by atoms with E-state index in [4.69, 9.17) is 4.52 Å². The Labute approximate surface area is 159 Å². The van der Waals surface area contributed by atoms with Gasteiger partial charge in [-0.2, -0.15) is 0 Å². The minimum Gasteiger partial charge on any atom is -0.388 e. The van der Waals surface area contributed by atoms with Crippen molar-refractivity contribution >= 4 is 17.8 Å². The predicted octanol–water partition coefficient (Wildman–Crippen LogP) is 0.944. The number of hydrogen-bond donors (Lipinski definition) is 3. The lowest BCUT2D eigenvalue weighted by Gasteiger charge is -2.28. The van der Waals surface area contributed by atoms with Gasteiger partial charge >= 0.3 is 6.03 Å². The van der Waals surface area contributed by atoms with Crippen molar-refractivity contribution in [2.75, 3.05) is 44.6 Å². The van der Waals surface area contributed by atoms with Gasteiger partial charge in [-0.3, -0.25) is 9.69 Å². The maximum absolute atomic E-state index is 12.2. The van der Waals surface area contributed by atoms with E-state index in [0.29, 0.717) is 31.0 Å². The first-order valence-electron chi connectivity index (χ1n) is 9.64. The Morgan fingerprint density at radius 2 is 2.00 bits per heavy atom. The van der Waals surface area contributed by atoms with Gasteiger partial charge in [-0.25, -0.2) is 4.79 Å². The van der Waals surface area contributed by atoms with Crippen LogP contribution in [0.5, 0.6) is 0 Å². The van der Waals surface area contributed by atoms with Crippen molar-refractivity contribution in [3.63, 3.8) is 0 Å². The van der Waals surface area contributed by atoms with Crippen LogP contribution in [0.15, 0.2) is 10.6 Å². The van der Waals surface area contributed by atoms with Gasteiger partial charge in [0.2, 0.25) is 5.91 Å². The molecule has 2 aliphatic heterocycles. The number of likely N-dealkylation sites (tertiary alicyclic amines) is 2. The zero-order valence-electron chi connectivity index (χ0n) is 15.9. The molecule has 2 saturated heterocycles. The molecule has 1 aromatic rings. The van der Waals surface area contributed by atoms with E-state index >= 15 is 0 Å². The zero-order chi connectivity index (χ0) is 19.3. The summed E-state index contributed by atoms with van der Waals surface area (Å²) in [5.41, 5.74) is -0.927. The number of anilines is 1. The number of hydrogen-bond acceptors (Lipinski definition) is 6. The number of aromatic nitrogens is 1. The smallest absolute Gasteiger partial charge is 0.317 e. The molecule has 0 radical (unpaired) electrons. The molecule has 0 spiro atoms. The van der Waals surface area contributed by atoms with Crippen molar-refractivity contribution < 1.29 is 19.2 Å². The normalized spacial score (nSPS) is 23.9. The molecule has 0 saturated carbocycles. The van der Waals surface area contributed by atoms with E-state index in [-0.39, 0.29) is 25.0 Å². The van der Waals surface area contributed by atoms with Gasteiger partial charge < -0.3 is 25.2 Å². The number of carbonyl (C=O) groups is 2. The van der Waals surface area contributed by atoms with Gasteiger partial charge in [0.05, 0.1) is 12.1 Å². The second-order valence-corrected chi connectivity index (χ2v) is 7.58. The Kier molecular flexibility index (Phi) is 6.33. The van der Waals surface area contributed by atoms with Crippen molar-refractivity contribution in [3.05, 3.63) is 11.8 Å². The summed E-state index contributed by atoms with van der Waals surface area (Å²) in [6, 6.07) is 1.58. The fourth-order valence-corrected chi connectivity index (χ4v) is 3.65. The summed E-state index contributed by atoms with van der Waals surface area (Å²) >= 11 is 0. The molecule has 2 fully saturated rings. The molecule has 3 N–H and O–H groups in total. The summed E-state index contributed by atoms with van der Waals surface area (Å²) in [6.07, 6.45) is 3.98. The van der Waals surface area contributed by atoms with Gasteiger partial charge in [-0.1, -0.05) is 5.16 Å². The maximum Gasteiger partial charge on any atom is 0.317 e. The minimum absolute atomic E-state index is 0.0932. The van der Waals surface area contributed by atoms with Gasteiger partial charge in [-0.15, -0.1) is 0 Å². The summed E-state index contributed by atoms with van der Waals surface area (Å²) < 4.78 is 4.94. The average molecular weight is 379 g/mol. The molecule has 3 rings (SSSR count). The summed E-state index contributed by atoms with van der Waals surface area (Å²) in [7, 11) is 0. The van der Waals surface area contributed by atoms with Crippen LogP contribution in [0.2, 0.25) is 0 Å². The molecule has 1 aromatic heterocycles. The average Bonchev–Trinajstić information content (AvgIpc) is 3.26. The van der Waals surface area contributed by atoms with E-state index in [1.165, 1.54) is 0 Å². The Balaban J connectivity index is 1.43. The summed E-state index contributed by atoms with van der Waals surface area (Å²) in [6.45, 7) is 5.16. The van der Waals surface area contributed by atoms with Gasteiger partial charge in [0.1, 0.15) is 5.76 Å². The molecule has 3 amide bonds. The molecule has 0 aromatic carbocycles. The lowest BCUT2D eigenvalue weighted by Crippen LogP contribution is -2.47. The highest BCUT2D eigenvalue weighted by Gasteiger charge is 2.32. The van der Waals surface area contributed by atoms with Crippen LogP contribution in [0.4, 0.5) is 10.6 Å². The SMILES string of the molecule is Cc1cc(NC(=O)CN2CCC[C@@](O)(CNC(=O)N3CCCC3)CC2)no1. The number of urea groups is 1. The fourth-order valence-electron chi connectivity index (χ4n) is 3.65. The molecule has 1 atom stereocenters. The predicted molar refractivity (Wildman–Crippen MR) is 99.3 cm³/mol. The molecule has 27 heavy (non-hydrogen) atoms. The molecule has 0 unspecified atom stereocenters. The number of aryl methyl sites for hydroxylation is 1. The molecule has 9 heteroatoms. The van der Waals surface area contributed by atoms with Crippen LogP contribution in [0.25, 0.3) is 0 Å². The number of carbonyl (C=O) groups excluding carboxylic acids is 2. The quantitative estimate of drug-likeness (QED) is 0.702. The zero-order valence-corrected chi connectivity index (χ0v) is 15.9. The first-order valence-corrected chi connectivity index (χ1v) is 9.64. The monoisotopic (exact) mass is 379 g/mol. The highest BCUT2D eigenvalue weighted by Crippen LogP contribution is 2.22. The van der Waals surface area contributed by atoms with Gasteiger partial charge in [0, 0.05) is 32.2 Å². The Morgan fingerprint density at radius 1 is 1.22 bits per heavy atom. The van der Waals surface area contributed by atoms with Crippen LogP contribution >= 0.6 is 0 Å². The van der Waals surface area contributed by atoms with Crippen molar-refractivity contribution in [1.82, 2.24) is 20.3 Å². The van der Waals surface area contributed by atoms with E-state index in [0.717, 1.165) is 38.9 Å². The minimum atomic E-state index is -0.927. The third kappa shape index (κ3) is 5.67. The summed E-state index contributed by atoms with van der Waals surface area (Å²) in [5.74, 6) is 0.894. The first-order chi connectivity index (χ1) is 12.9. The van der Waals surface area contributed by atoms with Crippen molar-refractivity contribution in [3.8, 4) is 0 Å². The summed E-state index contributed by atoms with van der Waals surface area (Å²) in [4.78, 5) is 28.1. The van der Waals surface area contributed by atoms with Crippen LogP contribution in [0.1, 0.15) is 37.9 Å². The highest BCUT2D eigenvalue weighted by molar-refractivity contribution is 5.91. The molecular weight excluding hydrogens is 350 g/mol. The lowest BCUT2D eigenvalue weighted by molar-refractivity contribution is -0.117. The summed E-state index contributed by atoms with van der Waals surface area (Å²) in [5, 5.41) is 20.2. The number of amides is 3. The number of aliphatic hydroxyl groups is 1. The van der Waals surface area contributed by atoms with Crippen LogP contribution in [0, 0.1) is 6.92 Å². The fraction of sp³-hybridized carbons (Fsp3) is 0.722. The number of rotatable bonds is 5. The third-order valence-electron chi connectivity index (χ3n) is 5.23. The van der Waals surface area contributed by atoms with Crippen molar-refractivity contribution in [1.29, 1.82) is 0 Å². The number of nitrogens with one attached hydrogen (secondary N) is 2. The lowest BCUT2D eigenvalue weighted by atomic mass is 9.95. The molecular formula is C18H29N5O4. The molecule has 2 aliphatic rings. The molecule has 9 nitrogen and oxygen atoms in total. The first kappa shape index (κ1) is 19.6. The van der Waals surface area contributed by atoms with E-state index in [1.54, 1.807) is 17.9 Å². The molecule has 150 valence electrons. The van der Waals surface area contributed by atoms with E-state index in [2.05, 4.69) is 15.8 Å². The highest BCUT2D eigenvalue weighted by atomic mass is 16.5. The Morgan fingerprint density at radius 3 is 2.70 bits per heavy atom. The van der Waals surface area contributed by atoms with Crippen LogP contribution in [0.3, 0.4) is 0 Å². The molecule has 3 heterocycles. The Bertz CT molecular complexity index is 658. The van der Waals surface area contributed by atoms with Gasteiger partial charge in [0.15, 0.2) is 5.82 Å². The van der Waals surface area contributed by atoms with Crippen molar-refractivity contribution in [2.24, 2.45) is 0 Å². The van der Waals surface area contributed by atoms with E-state index in [9.17, 15) is 14.7 Å². The second-order valence-electron chi connectivity index (χ2n) is 7.58. The van der Waals surface area contributed by atoms with Crippen LogP contribution in [-0.2, 0) is 4.79 Å². The van der Waals surface area contributed by atoms with Gasteiger partial charge in [0.25, 0.3) is 0 Å². The maximum atomic E-state index is 12.2. The van der Waals surface area contributed by atoms with Gasteiger partial charge in [-0.05, 0) is 45.6 Å². The van der Waals surface area contributed by atoms with Crippen LogP contribution < -0.4 is 10.6 Å². The second kappa shape index (κ2) is 8.71. The van der Waals surface area contributed by atoms with E-state index < -0.39 is 5.60 Å². The standard InChI is InChI=1S/C18H29N5O4/c1-14-11-15(21-27-14)20-16(24)12-22-7-4-5-18(26,6-10-22)13-19-17(25)23-8-2-3-9-23/h11,26H,2-10,12-13H2,1H3,(H,19,25)(H,20,21,24)/t18-/m0/s1. The largest absolute Gasteiger partial charge is 0.388 e. The van der Waals surface area contributed by atoms with Crippen LogP contribution in [-0.4, -0.2) is 76.9 Å². The topological polar surface area (TPSA) is 111 Å². The number of nitrogens with zero attached hydrogens (tertiary/aromatic N) is 3. The van der Waals surface area contributed by atoms with Crippen molar-refractivity contribution in [2.45, 2.75) is 44.6 Å². The third-order valence-corrected chi connectivity index (χ3v) is 5.23. The van der Waals surface area contributed by atoms with E-state index in [1.807, 2.05) is 4.90 Å². The molecule has 0 bridgehead atoms. The molecule has 0 aliphatic carbocycles. The Hall–Kier alpha value is -2.13.